The third-order valence-electron chi connectivity index (χ3n) is 4.29. The van der Waals surface area contributed by atoms with Gasteiger partial charge < -0.3 is 19.7 Å². The Morgan fingerprint density at radius 2 is 2.04 bits per heavy atom. The van der Waals surface area contributed by atoms with E-state index in [9.17, 15) is 4.79 Å². The van der Waals surface area contributed by atoms with Gasteiger partial charge in [-0.1, -0.05) is 0 Å². The number of carbonyl (C=O) groups is 1. The van der Waals surface area contributed by atoms with Crippen molar-refractivity contribution in [2.45, 2.75) is 26.5 Å². The predicted molar refractivity (Wildman–Crippen MR) is 99.5 cm³/mol. The van der Waals surface area contributed by atoms with Crippen LogP contribution in [0.15, 0.2) is 42.7 Å². The SMILES string of the molecule is CCOc1cc(C(=O)N2CCN[C@H](C)C2)ccc1OCc1ccncc1. The topological polar surface area (TPSA) is 63.7 Å². The summed E-state index contributed by atoms with van der Waals surface area (Å²) in [5.74, 6) is 1.25. The first kappa shape index (κ1) is 18.2. The van der Waals surface area contributed by atoms with Crippen molar-refractivity contribution in [1.29, 1.82) is 0 Å². The molecule has 1 N–H and O–H groups in total. The lowest BCUT2D eigenvalue weighted by Crippen LogP contribution is -2.51. The van der Waals surface area contributed by atoms with Gasteiger partial charge in [0.05, 0.1) is 6.61 Å². The van der Waals surface area contributed by atoms with E-state index in [1.165, 1.54) is 0 Å². The maximum atomic E-state index is 12.8. The molecule has 1 amide bonds. The average molecular weight is 355 g/mol. The quantitative estimate of drug-likeness (QED) is 0.863. The minimum absolute atomic E-state index is 0.0278. The van der Waals surface area contributed by atoms with Crippen molar-refractivity contribution >= 4 is 5.91 Å². The minimum atomic E-state index is 0.0278. The van der Waals surface area contributed by atoms with Crippen LogP contribution in [0.4, 0.5) is 0 Å². The van der Waals surface area contributed by atoms with Gasteiger partial charge in [-0.15, -0.1) is 0 Å². The van der Waals surface area contributed by atoms with Gasteiger partial charge in [-0.25, -0.2) is 0 Å². The summed E-state index contributed by atoms with van der Waals surface area (Å²) in [5.41, 5.74) is 1.65. The molecule has 1 aromatic heterocycles. The molecule has 1 aliphatic heterocycles. The van der Waals surface area contributed by atoms with Crippen LogP contribution in [0.3, 0.4) is 0 Å². The lowest BCUT2D eigenvalue weighted by molar-refractivity contribution is 0.0708. The number of piperazine rings is 1. The number of carbonyl (C=O) groups excluding carboxylic acids is 1. The highest BCUT2D eigenvalue weighted by molar-refractivity contribution is 5.95. The maximum Gasteiger partial charge on any atom is 0.254 e. The summed E-state index contributed by atoms with van der Waals surface area (Å²) in [6.45, 7) is 7.17. The summed E-state index contributed by atoms with van der Waals surface area (Å²) < 4.78 is 11.6. The molecule has 0 bridgehead atoms. The highest BCUT2D eigenvalue weighted by Crippen LogP contribution is 2.30. The number of pyridine rings is 1. The molecule has 6 nitrogen and oxygen atoms in total. The predicted octanol–water partition coefficient (Wildman–Crippen LogP) is 2.49. The first-order valence-corrected chi connectivity index (χ1v) is 8.98. The average Bonchev–Trinajstić information content (AvgIpc) is 2.67. The second-order valence-corrected chi connectivity index (χ2v) is 6.35. The highest BCUT2D eigenvalue weighted by atomic mass is 16.5. The Labute approximate surface area is 154 Å². The van der Waals surface area contributed by atoms with Crippen LogP contribution in [-0.2, 0) is 6.61 Å². The molecule has 1 aromatic carbocycles. The van der Waals surface area contributed by atoms with Gasteiger partial charge in [-0.05, 0) is 49.7 Å². The zero-order valence-corrected chi connectivity index (χ0v) is 15.3. The van der Waals surface area contributed by atoms with E-state index in [2.05, 4.69) is 17.2 Å². The summed E-state index contributed by atoms with van der Waals surface area (Å²) in [4.78, 5) is 18.7. The van der Waals surface area contributed by atoms with E-state index in [0.29, 0.717) is 49.4 Å². The lowest BCUT2D eigenvalue weighted by Gasteiger charge is -2.32. The zero-order chi connectivity index (χ0) is 18.4. The van der Waals surface area contributed by atoms with Gasteiger partial charge in [-0.2, -0.15) is 0 Å². The van der Waals surface area contributed by atoms with Crippen LogP contribution in [0, 0.1) is 0 Å². The third-order valence-corrected chi connectivity index (χ3v) is 4.29. The smallest absolute Gasteiger partial charge is 0.254 e. The molecule has 0 aliphatic carbocycles. The number of hydrogen-bond donors (Lipinski definition) is 1. The second kappa shape index (κ2) is 8.67. The molecular weight excluding hydrogens is 330 g/mol. The Balaban J connectivity index is 1.74. The molecule has 1 saturated heterocycles. The van der Waals surface area contributed by atoms with Gasteiger partial charge in [0.25, 0.3) is 5.91 Å². The van der Waals surface area contributed by atoms with Crippen molar-refractivity contribution in [3.05, 3.63) is 53.9 Å². The summed E-state index contributed by atoms with van der Waals surface area (Å²) in [6.07, 6.45) is 3.47. The van der Waals surface area contributed by atoms with Crippen LogP contribution >= 0.6 is 0 Å². The molecular formula is C20H25N3O3. The lowest BCUT2D eigenvalue weighted by atomic mass is 10.1. The van der Waals surface area contributed by atoms with Gasteiger partial charge in [-0.3, -0.25) is 9.78 Å². The molecule has 26 heavy (non-hydrogen) atoms. The standard InChI is InChI=1S/C20H25N3O3/c1-3-25-19-12-17(20(24)23-11-10-22-15(2)13-23)4-5-18(19)26-14-16-6-8-21-9-7-16/h4-9,12,15,22H,3,10-11,13-14H2,1-2H3/t15-/m1/s1. The monoisotopic (exact) mass is 355 g/mol. The van der Waals surface area contributed by atoms with Crippen molar-refractivity contribution in [3.8, 4) is 11.5 Å². The van der Waals surface area contributed by atoms with Crippen molar-refractivity contribution < 1.29 is 14.3 Å². The van der Waals surface area contributed by atoms with Crippen LogP contribution in [0.5, 0.6) is 11.5 Å². The van der Waals surface area contributed by atoms with E-state index in [0.717, 1.165) is 12.1 Å². The molecule has 6 heteroatoms. The molecule has 1 atom stereocenters. The van der Waals surface area contributed by atoms with Crippen LogP contribution < -0.4 is 14.8 Å². The van der Waals surface area contributed by atoms with E-state index >= 15 is 0 Å². The highest BCUT2D eigenvalue weighted by Gasteiger charge is 2.22. The molecule has 0 radical (unpaired) electrons. The molecule has 0 spiro atoms. The number of benzene rings is 1. The number of aromatic nitrogens is 1. The van der Waals surface area contributed by atoms with E-state index in [4.69, 9.17) is 9.47 Å². The molecule has 0 saturated carbocycles. The molecule has 1 aliphatic rings. The van der Waals surface area contributed by atoms with Crippen molar-refractivity contribution in [2.24, 2.45) is 0 Å². The maximum absolute atomic E-state index is 12.8. The fraction of sp³-hybridized carbons (Fsp3) is 0.400. The number of nitrogens with zero attached hydrogens (tertiary/aromatic N) is 2. The summed E-state index contributed by atoms with van der Waals surface area (Å²) in [6, 6.07) is 9.51. The number of ether oxygens (including phenoxy) is 2. The normalized spacial score (nSPS) is 17.0. The van der Waals surface area contributed by atoms with E-state index in [1.807, 2.05) is 30.0 Å². The van der Waals surface area contributed by atoms with E-state index in [1.54, 1.807) is 24.5 Å². The van der Waals surface area contributed by atoms with Crippen LogP contribution in [-0.4, -0.2) is 48.1 Å². The second-order valence-electron chi connectivity index (χ2n) is 6.35. The van der Waals surface area contributed by atoms with E-state index < -0.39 is 0 Å². The van der Waals surface area contributed by atoms with Crippen LogP contribution in [0.1, 0.15) is 29.8 Å². The van der Waals surface area contributed by atoms with Gasteiger partial charge in [0, 0.05) is 43.6 Å². The van der Waals surface area contributed by atoms with Gasteiger partial charge in [0.2, 0.25) is 0 Å². The largest absolute Gasteiger partial charge is 0.490 e. The summed E-state index contributed by atoms with van der Waals surface area (Å²) >= 11 is 0. The van der Waals surface area contributed by atoms with Crippen molar-refractivity contribution in [3.63, 3.8) is 0 Å². The molecule has 0 unspecified atom stereocenters. The summed E-state index contributed by atoms with van der Waals surface area (Å²) in [5, 5.41) is 3.35. The van der Waals surface area contributed by atoms with Crippen molar-refractivity contribution in [1.82, 2.24) is 15.2 Å². The minimum Gasteiger partial charge on any atom is -0.490 e. The fourth-order valence-corrected chi connectivity index (χ4v) is 2.97. The number of rotatable bonds is 6. The zero-order valence-electron chi connectivity index (χ0n) is 15.3. The fourth-order valence-electron chi connectivity index (χ4n) is 2.97. The van der Waals surface area contributed by atoms with Crippen LogP contribution in [0.2, 0.25) is 0 Å². The summed E-state index contributed by atoms with van der Waals surface area (Å²) in [7, 11) is 0. The number of hydrogen-bond acceptors (Lipinski definition) is 5. The Morgan fingerprint density at radius 1 is 1.23 bits per heavy atom. The Hall–Kier alpha value is -2.60. The Kier molecular flexibility index (Phi) is 6.07. The first-order chi connectivity index (χ1) is 12.7. The third kappa shape index (κ3) is 4.52. The van der Waals surface area contributed by atoms with Gasteiger partial charge >= 0.3 is 0 Å². The number of amides is 1. The molecule has 138 valence electrons. The van der Waals surface area contributed by atoms with E-state index in [-0.39, 0.29) is 5.91 Å². The molecule has 2 aromatic rings. The Morgan fingerprint density at radius 3 is 2.77 bits per heavy atom. The van der Waals surface area contributed by atoms with Gasteiger partial charge in [0.15, 0.2) is 11.5 Å². The number of nitrogens with one attached hydrogen (secondary N) is 1. The van der Waals surface area contributed by atoms with Crippen LogP contribution in [0.25, 0.3) is 0 Å². The van der Waals surface area contributed by atoms with Gasteiger partial charge in [0.1, 0.15) is 6.61 Å². The molecule has 1 fully saturated rings. The first-order valence-electron chi connectivity index (χ1n) is 8.98. The Bertz CT molecular complexity index is 736. The molecule has 2 heterocycles. The molecule has 3 rings (SSSR count). The van der Waals surface area contributed by atoms with Crippen molar-refractivity contribution in [2.75, 3.05) is 26.2 Å².